The monoisotopic (exact) mass is 360 g/mol. The summed E-state index contributed by atoms with van der Waals surface area (Å²) >= 11 is 0. The molecule has 0 amide bonds. The first-order valence-corrected chi connectivity index (χ1v) is 9.67. The van der Waals surface area contributed by atoms with Gasteiger partial charge in [-0.2, -0.15) is 10.0 Å². The summed E-state index contributed by atoms with van der Waals surface area (Å²) in [5.41, 5.74) is 2.37. The zero-order chi connectivity index (χ0) is 18.1. The predicted octanol–water partition coefficient (Wildman–Crippen LogP) is 2.33. The van der Waals surface area contributed by atoms with Gasteiger partial charge in [-0.15, -0.1) is 5.10 Å². The highest BCUT2D eigenvalue weighted by atomic mass is 16.7. The molecular weight excluding hydrogens is 332 g/mol. The SMILES string of the molecule is CON1CCC(c2noc(C3CCc4nnn(CC(C)C)c4C3)n2)CC1. The molecule has 0 saturated carbocycles. The average Bonchev–Trinajstić information content (AvgIpc) is 3.29. The third-order valence-corrected chi connectivity index (χ3v) is 5.51. The number of aromatic nitrogens is 5. The van der Waals surface area contributed by atoms with Gasteiger partial charge in [0.05, 0.1) is 18.5 Å². The van der Waals surface area contributed by atoms with Gasteiger partial charge >= 0.3 is 0 Å². The molecule has 1 fully saturated rings. The van der Waals surface area contributed by atoms with Gasteiger partial charge in [0, 0.05) is 37.9 Å². The Morgan fingerprint density at radius 2 is 2.00 bits per heavy atom. The molecule has 0 aromatic carbocycles. The number of hydrogen-bond donors (Lipinski definition) is 0. The van der Waals surface area contributed by atoms with Crippen LogP contribution in [0.2, 0.25) is 0 Å². The van der Waals surface area contributed by atoms with Crippen molar-refractivity contribution >= 4 is 0 Å². The van der Waals surface area contributed by atoms with Crippen molar-refractivity contribution in [2.75, 3.05) is 20.2 Å². The number of nitrogens with zero attached hydrogens (tertiary/aromatic N) is 6. The number of hydrogen-bond acceptors (Lipinski definition) is 7. The Kier molecular flexibility index (Phi) is 5.04. The van der Waals surface area contributed by atoms with E-state index in [0.717, 1.165) is 69.1 Å². The van der Waals surface area contributed by atoms with Crippen molar-refractivity contribution in [3.63, 3.8) is 0 Å². The lowest BCUT2D eigenvalue weighted by Gasteiger charge is -2.28. The third-order valence-electron chi connectivity index (χ3n) is 5.51. The first kappa shape index (κ1) is 17.6. The van der Waals surface area contributed by atoms with E-state index in [9.17, 15) is 0 Å². The molecule has 0 radical (unpaired) electrons. The smallest absolute Gasteiger partial charge is 0.230 e. The molecule has 8 heteroatoms. The van der Waals surface area contributed by atoms with Crippen molar-refractivity contribution in [3.8, 4) is 0 Å². The van der Waals surface area contributed by atoms with Crippen LogP contribution in [-0.2, 0) is 24.2 Å². The molecule has 0 bridgehead atoms. The van der Waals surface area contributed by atoms with Crippen LogP contribution in [0.5, 0.6) is 0 Å². The Morgan fingerprint density at radius 3 is 2.73 bits per heavy atom. The van der Waals surface area contributed by atoms with Crippen LogP contribution < -0.4 is 0 Å². The van der Waals surface area contributed by atoms with E-state index in [1.807, 2.05) is 5.06 Å². The van der Waals surface area contributed by atoms with Crippen molar-refractivity contribution in [2.24, 2.45) is 5.92 Å². The van der Waals surface area contributed by atoms with E-state index in [-0.39, 0.29) is 5.92 Å². The van der Waals surface area contributed by atoms with Crippen LogP contribution in [0.15, 0.2) is 4.52 Å². The van der Waals surface area contributed by atoms with E-state index in [0.29, 0.717) is 11.8 Å². The number of hydroxylamine groups is 2. The number of rotatable bonds is 5. The molecule has 4 rings (SSSR count). The zero-order valence-corrected chi connectivity index (χ0v) is 15.9. The third kappa shape index (κ3) is 3.53. The lowest BCUT2D eigenvalue weighted by molar-refractivity contribution is -0.144. The van der Waals surface area contributed by atoms with Gasteiger partial charge in [-0.1, -0.05) is 24.2 Å². The molecule has 26 heavy (non-hydrogen) atoms. The van der Waals surface area contributed by atoms with Crippen molar-refractivity contribution in [3.05, 3.63) is 23.1 Å². The summed E-state index contributed by atoms with van der Waals surface area (Å²) in [7, 11) is 1.73. The Labute approximate surface area is 153 Å². The number of piperidine rings is 1. The van der Waals surface area contributed by atoms with Crippen LogP contribution >= 0.6 is 0 Å². The van der Waals surface area contributed by atoms with E-state index >= 15 is 0 Å². The Hall–Kier alpha value is -1.80. The van der Waals surface area contributed by atoms with Crippen LogP contribution in [0.4, 0.5) is 0 Å². The lowest BCUT2D eigenvalue weighted by atomic mass is 9.89. The quantitative estimate of drug-likeness (QED) is 0.809. The van der Waals surface area contributed by atoms with Crippen LogP contribution in [0.1, 0.15) is 68.0 Å². The van der Waals surface area contributed by atoms with Gasteiger partial charge in [-0.25, -0.2) is 4.68 Å². The van der Waals surface area contributed by atoms with Gasteiger partial charge in [0.25, 0.3) is 0 Å². The molecular formula is C18H28N6O2. The minimum Gasteiger partial charge on any atom is -0.339 e. The van der Waals surface area contributed by atoms with Gasteiger partial charge in [-0.3, -0.25) is 0 Å². The summed E-state index contributed by atoms with van der Waals surface area (Å²) in [6.07, 6.45) is 4.83. The number of fused-ring (bicyclic) bond motifs is 1. The van der Waals surface area contributed by atoms with Crippen LogP contribution in [0.25, 0.3) is 0 Å². The van der Waals surface area contributed by atoms with Crippen LogP contribution in [0.3, 0.4) is 0 Å². The molecule has 1 saturated heterocycles. The summed E-state index contributed by atoms with van der Waals surface area (Å²) in [5, 5.41) is 15.0. The fourth-order valence-corrected chi connectivity index (χ4v) is 4.01. The highest BCUT2D eigenvalue weighted by molar-refractivity contribution is 5.19. The second-order valence-electron chi connectivity index (χ2n) is 7.88. The second kappa shape index (κ2) is 7.44. The van der Waals surface area contributed by atoms with Crippen molar-refractivity contribution in [1.82, 2.24) is 30.2 Å². The lowest BCUT2D eigenvalue weighted by Crippen LogP contribution is -2.32. The molecule has 1 unspecified atom stereocenters. The Balaban J connectivity index is 1.45. The fourth-order valence-electron chi connectivity index (χ4n) is 4.01. The number of aryl methyl sites for hydroxylation is 1. The second-order valence-corrected chi connectivity index (χ2v) is 7.88. The molecule has 8 nitrogen and oxygen atoms in total. The maximum Gasteiger partial charge on any atom is 0.230 e. The molecule has 0 N–H and O–H groups in total. The van der Waals surface area contributed by atoms with Gasteiger partial charge in [0.1, 0.15) is 0 Å². The first-order chi connectivity index (χ1) is 12.6. The normalized spacial score (nSPS) is 22.1. The van der Waals surface area contributed by atoms with E-state index in [4.69, 9.17) is 14.3 Å². The summed E-state index contributed by atoms with van der Waals surface area (Å²) in [4.78, 5) is 10.1. The molecule has 0 spiro atoms. The fraction of sp³-hybridized carbons (Fsp3) is 0.778. The molecule has 1 aliphatic carbocycles. The van der Waals surface area contributed by atoms with Crippen molar-refractivity contribution in [1.29, 1.82) is 0 Å². The van der Waals surface area contributed by atoms with E-state index < -0.39 is 0 Å². The highest BCUT2D eigenvalue weighted by Gasteiger charge is 2.31. The maximum absolute atomic E-state index is 5.67. The molecule has 2 aliphatic rings. The highest BCUT2D eigenvalue weighted by Crippen LogP contribution is 2.33. The minimum atomic E-state index is 0.271. The molecule has 1 atom stereocenters. The van der Waals surface area contributed by atoms with E-state index in [1.165, 1.54) is 5.69 Å². The average molecular weight is 360 g/mol. The van der Waals surface area contributed by atoms with E-state index in [1.54, 1.807) is 7.11 Å². The molecule has 1 aliphatic heterocycles. The van der Waals surface area contributed by atoms with Gasteiger partial charge in [-0.05, 0) is 31.6 Å². The molecule has 2 aromatic heterocycles. The standard InChI is InChI=1S/C18H28N6O2/c1-12(2)11-24-16-10-14(4-5-15(16)20-22-24)18-19-17(21-26-18)13-6-8-23(25-3)9-7-13/h12-14H,4-11H2,1-3H3. The molecule has 142 valence electrons. The maximum atomic E-state index is 5.67. The van der Waals surface area contributed by atoms with Gasteiger partial charge in [0.2, 0.25) is 5.89 Å². The van der Waals surface area contributed by atoms with Gasteiger partial charge in [0.15, 0.2) is 5.82 Å². The van der Waals surface area contributed by atoms with E-state index in [2.05, 4.69) is 34.0 Å². The van der Waals surface area contributed by atoms with Crippen LogP contribution in [0, 0.1) is 5.92 Å². The van der Waals surface area contributed by atoms with Crippen LogP contribution in [-0.4, -0.2) is 50.4 Å². The topological polar surface area (TPSA) is 82.1 Å². The Morgan fingerprint density at radius 1 is 1.19 bits per heavy atom. The summed E-state index contributed by atoms with van der Waals surface area (Å²) in [6.45, 7) is 7.14. The Bertz CT molecular complexity index is 732. The predicted molar refractivity (Wildman–Crippen MR) is 94.5 cm³/mol. The summed E-state index contributed by atoms with van der Waals surface area (Å²) in [6, 6.07) is 0. The van der Waals surface area contributed by atoms with Crippen molar-refractivity contribution in [2.45, 2.75) is 64.3 Å². The van der Waals surface area contributed by atoms with Crippen molar-refractivity contribution < 1.29 is 9.36 Å². The zero-order valence-electron chi connectivity index (χ0n) is 15.9. The molecule has 3 heterocycles. The summed E-state index contributed by atoms with van der Waals surface area (Å²) < 4.78 is 7.73. The largest absolute Gasteiger partial charge is 0.339 e. The summed E-state index contributed by atoms with van der Waals surface area (Å²) in [5.74, 6) is 2.82. The minimum absolute atomic E-state index is 0.271. The molecule has 2 aromatic rings. The first-order valence-electron chi connectivity index (χ1n) is 9.67. The van der Waals surface area contributed by atoms with Gasteiger partial charge < -0.3 is 9.36 Å².